The Morgan fingerprint density at radius 3 is 2.68 bits per heavy atom. The molecular formula is C22H22N4O2. The van der Waals surface area contributed by atoms with Crippen molar-refractivity contribution in [2.24, 2.45) is 0 Å². The van der Waals surface area contributed by atoms with Crippen molar-refractivity contribution in [3.63, 3.8) is 0 Å². The minimum absolute atomic E-state index is 0.0335. The Morgan fingerprint density at radius 1 is 1.18 bits per heavy atom. The van der Waals surface area contributed by atoms with Gasteiger partial charge < -0.3 is 9.73 Å². The molecule has 0 aliphatic rings. The van der Waals surface area contributed by atoms with Gasteiger partial charge in [0.05, 0.1) is 24.4 Å². The van der Waals surface area contributed by atoms with E-state index in [1.807, 2.05) is 44.2 Å². The van der Waals surface area contributed by atoms with Gasteiger partial charge in [-0.05, 0) is 49.6 Å². The first-order chi connectivity index (χ1) is 13.5. The fourth-order valence-electron chi connectivity index (χ4n) is 3.33. The van der Waals surface area contributed by atoms with Crippen molar-refractivity contribution in [2.75, 3.05) is 0 Å². The summed E-state index contributed by atoms with van der Waals surface area (Å²) in [4.78, 5) is 16.5. The zero-order chi connectivity index (χ0) is 19.7. The Bertz CT molecular complexity index is 1110. The molecule has 0 saturated carbocycles. The van der Waals surface area contributed by atoms with Crippen LogP contribution in [0.5, 0.6) is 0 Å². The summed E-state index contributed by atoms with van der Waals surface area (Å²) in [6.45, 7) is 6.07. The second-order valence-electron chi connectivity index (χ2n) is 7.04. The second kappa shape index (κ2) is 7.31. The van der Waals surface area contributed by atoms with E-state index in [1.165, 1.54) is 11.9 Å². The lowest BCUT2D eigenvalue weighted by molar-refractivity contribution is -0.121. The predicted molar refractivity (Wildman–Crippen MR) is 107 cm³/mol. The Hall–Kier alpha value is -3.41. The van der Waals surface area contributed by atoms with Gasteiger partial charge in [0.2, 0.25) is 5.91 Å². The molecule has 28 heavy (non-hydrogen) atoms. The maximum Gasteiger partial charge on any atom is 0.225 e. The summed E-state index contributed by atoms with van der Waals surface area (Å²) in [5.74, 6) is -0.0335. The summed E-state index contributed by atoms with van der Waals surface area (Å²) in [5.41, 5.74) is 6.02. The third-order valence-electron chi connectivity index (χ3n) is 5.15. The van der Waals surface area contributed by atoms with Gasteiger partial charge in [-0.1, -0.05) is 24.3 Å². The van der Waals surface area contributed by atoms with E-state index in [9.17, 15) is 4.79 Å². The van der Waals surface area contributed by atoms with E-state index in [0.29, 0.717) is 0 Å². The van der Waals surface area contributed by atoms with E-state index >= 15 is 0 Å². The summed E-state index contributed by atoms with van der Waals surface area (Å²) in [6, 6.07) is 11.9. The molecule has 0 aliphatic carbocycles. The quantitative estimate of drug-likeness (QED) is 0.572. The van der Waals surface area contributed by atoms with E-state index in [-0.39, 0.29) is 18.4 Å². The molecule has 4 aromatic rings. The highest BCUT2D eigenvalue weighted by Crippen LogP contribution is 2.27. The summed E-state index contributed by atoms with van der Waals surface area (Å²) in [7, 11) is 0. The van der Waals surface area contributed by atoms with Crippen LogP contribution in [-0.2, 0) is 11.2 Å². The van der Waals surface area contributed by atoms with Crippen molar-refractivity contribution >= 4 is 16.9 Å². The first kappa shape index (κ1) is 18.0. The number of furan rings is 1. The van der Waals surface area contributed by atoms with Crippen LogP contribution in [0, 0.1) is 13.8 Å². The highest BCUT2D eigenvalue weighted by molar-refractivity contribution is 5.89. The monoisotopic (exact) mass is 374 g/mol. The van der Waals surface area contributed by atoms with Crippen LogP contribution in [0.15, 0.2) is 59.7 Å². The first-order valence-corrected chi connectivity index (χ1v) is 9.23. The molecule has 4 rings (SSSR count). The molecule has 1 N–H and O–H groups in total. The SMILES string of the molecule is Cc1ccc2c(CC(=O)NC(C)c3ccc(-n4cncn4)cc3)coc2c1C. The highest BCUT2D eigenvalue weighted by Gasteiger charge is 2.15. The third kappa shape index (κ3) is 3.41. The van der Waals surface area contributed by atoms with Crippen molar-refractivity contribution < 1.29 is 9.21 Å². The number of hydrogen-bond donors (Lipinski definition) is 1. The molecule has 0 saturated heterocycles. The van der Waals surface area contributed by atoms with E-state index in [4.69, 9.17) is 4.42 Å². The van der Waals surface area contributed by atoms with E-state index in [2.05, 4.69) is 28.4 Å². The number of benzene rings is 2. The first-order valence-electron chi connectivity index (χ1n) is 9.23. The Kier molecular flexibility index (Phi) is 4.69. The summed E-state index contributed by atoms with van der Waals surface area (Å²) in [5, 5.41) is 8.18. The molecule has 2 aromatic carbocycles. The fourth-order valence-corrected chi connectivity index (χ4v) is 3.33. The van der Waals surface area contributed by atoms with Crippen molar-refractivity contribution in [1.82, 2.24) is 20.1 Å². The minimum Gasteiger partial charge on any atom is -0.464 e. The van der Waals surface area contributed by atoms with Gasteiger partial charge in [-0.15, -0.1) is 0 Å². The molecule has 1 unspecified atom stereocenters. The lowest BCUT2D eigenvalue weighted by Crippen LogP contribution is -2.28. The van der Waals surface area contributed by atoms with Crippen LogP contribution in [0.1, 0.15) is 35.2 Å². The van der Waals surface area contributed by atoms with Gasteiger partial charge in [0.15, 0.2) is 0 Å². The molecule has 142 valence electrons. The van der Waals surface area contributed by atoms with Crippen LogP contribution in [0.25, 0.3) is 16.7 Å². The van der Waals surface area contributed by atoms with Gasteiger partial charge in [0, 0.05) is 10.9 Å². The number of nitrogens with zero attached hydrogens (tertiary/aromatic N) is 3. The van der Waals surface area contributed by atoms with Crippen LogP contribution in [0.3, 0.4) is 0 Å². The van der Waals surface area contributed by atoms with E-state index < -0.39 is 0 Å². The van der Waals surface area contributed by atoms with Crippen LogP contribution < -0.4 is 5.32 Å². The molecule has 1 atom stereocenters. The van der Waals surface area contributed by atoms with Crippen molar-refractivity contribution in [2.45, 2.75) is 33.2 Å². The average Bonchev–Trinajstić information content (AvgIpc) is 3.35. The minimum atomic E-state index is -0.0977. The number of carbonyl (C=O) groups is 1. The molecule has 6 nitrogen and oxygen atoms in total. The molecule has 2 heterocycles. The third-order valence-corrected chi connectivity index (χ3v) is 5.15. The van der Waals surface area contributed by atoms with Crippen molar-refractivity contribution in [1.29, 1.82) is 0 Å². The molecule has 2 aromatic heterocycles. The fraction of sp³-hybridized carbons (Fsp3) is 0.227. The van der Waals surface area contributed by atoms with E-state index in [1.54, 1.807) is 17.3 Å². The summed E-state index contributed by atoms with van der Waals surface area (Å²) < 4.78 is 7.40. The van der Waals surface area contributed by atoms with Crippen molar-refractivity contribution in [3.8, 4) is 5.69 Å². The number of rotatable bonds is 5. The van der Waals surface area contributed by atoms with Crippen molar-refractivity contribution in [3.05, 3.63) is 77.6 Å². The van der Waals surface area contributed by atoms with Gasteiger partial charge in [-0.3, -0.25) is 4.79 Å². The molecule has 0 bridgehead atoms. The second-order valence-corrected chi connectivity index (χ2v) is 7.04. The van der Waals surface area contributed by atoms with Gasteiger partial charge >= 0.3 is 0 Å². The lowest BCUT2D eigenvalue weighted by atomic mass is 10.0. The molecule has 0 fully saturated rings. The number of aryl methyl sites for hydroxylation is 2. The van der Waals surface area contributed by atoms with Crippen LogP contribution in [0.2, 0.25) is 0 Å². The number of carbonyl (C=O) groups excluding carboxylic acids is 1. The Labute approximate surface area is 163 Å². The van der Waals surface area contributed by atoms with Gasteiger partial charge in [-0.2, -0.15) is 5.10 Å². The summed E-state index contributed by atoms with van der Waals surface area (Å²) in [6.07, 6.45) is 5.13. The number of aromatic nitrogens is 3. The summed E-state index contributed by atoms with van der Waals surface area (Å²) >= 11 is 0. The number of amides is 1. The predicted octanol–water partition coefficient (Wildman–Crippen LogP) is 4.05. The maximum atomic E-state index is 12.6. The smallest absolute Gasteiger partial charge is 0.225 e. The number of nitrogens with one attached hydrogen (secondary N) is 1. The number of hydrogen-bond acceptors (Lipinski definition) is 4. The van der Waals surface area contributed by atoms with Gasteiger partial charge in [0.25, 0.3) is 0 Å². The number of fused-ring (bicyclic) bond motifs is 1. The van der Waals surface area contributed by atoms with E-state index in [0.717, 1.165) is 33.3 Å². The Balaban J connectivity index is 1.44. The molecule has 0 radical (unpaired) electrons. The maximum absolute atomic E-state index is 12.6. The zero-order valence-corrected chi connectivity index (χ0v) is 16.1. The van der Waals surface area contributed by atoms with Gasteiger partial charge in [-0.25, -0.2) is 9.67 Å². The standard InChI is InChI=1S/C22H22N4O2/c1-14-4-9-20-18(11-28-22(20)15(14)2)10-21(27)25-16(3)17-5-7-19(8-6-17)26-13-23-12-24-26/h4-9,11-13,16H,10H2,1-3H3,(H,25,27). The molecule has 1 amide bonds. The largest absolute Gasteiger partial charge is 0.464 e. The topological polar surface area (TPSA) is 73.0 Å². The highest BCUT2D eigenvalue weighted by atomic mass is 16.3. The molecule has 0 aliphatic heterocycles. The van der Waals surface area contributed by atoms with Crippen LogP contribution in [0.4, 0.5) is 0 Å². The normalized spacial score (nSPS) is 12.2. The molecule has 0 spiro atoms. The molecular weight excluding hydrogens is 352 g/mol. The lowest BCUT2D eigenvalue weighted by Gasteiger charge is -2.14. The van der Waals surface area contributed by atoms with Gasteiger partial charge in [0.1, 0.15) is 18.2 Å². The molecule has 6 heteroatoms. The van der Waals surface area contributed by atoms with Crippen LogP contribution >= 0.6 is 0 Å². The van der Waals surface area contributed by atoms with Crippen LogP contribution in [-0.4, -0.2) is 20.7 Å². The average molecular weight is 374 g/mol. The zero-order valence-electron chi connectivity index (χ0n) is 16.1. The Morgan fingerprint density at radius 2 is 1.96 bits per heavy atom.